The number of ether oxygens (including phenoxy) is 3. The van der Waals surface area contributed by atoms with E-state index in [1.165, 1.54) is 0 Å². The van der Waals surface area contributed by atoms with E-state index in [-0.39, 0.29) is 11.5 Å². The molecule has 23 heavy (non-hydrogen) atoms. The Bertz CT molecular complexity index is 517. The zero-order valence-corrected chi connectivity index (χ0v) is 13.6. The molecule has 0 aromatic carbocycles. The van der Waals surface area contributed by atoms with E-state index in [1.54, 1.807) is 13.3 Å². The molecule has 1 aromatic rings. The third-order valence-corrected chi connectivity index (χ3v) is 4.74. The lowest BCUT2D eigenvalue weighted by Crippen LogP contribution is -2.66. The Balaban J connectivity index is 1.45. The zero-order valence-electron chi connectivity index (χ0n) is 13.6. The Morgan fingerprint density at radius 1 is 1.43 bits per heavy atom. The SMILES string of the molecule is COCCC(=O)N1CC2(C1)OCC[C@H]2CCOc1ccccn1. The quantitative estimate of drug-likeness (QED) is 0.762. The first kappa shape index (κ1) is 16.2. The number of rotatable bonds is 7. The number of hydrogen-bond donors (Lipinski definition) is 0. The Hall–Kier alpha value is -1.66. The molecule has 2 fully saturated rings. The smallest absolute Gasteiger partial charge is 0.225 e. The minimum atomic E-state index is -0.157. The average Bonchev–Trinajstić information content (AvgIpc) is 2.96. The molecule has 2 aliphatic heterocycles. The second-order valence-electron chi connectivity index (χ2n) is 6.20. The summed E-state index contributed by atoms with van der Waals surface area (Å²) >= 11 is 0. The van der Waals surface area contributed by atoms with Gasteiger partial charge in [0.1, 0.15) is 5.60 Å². The molecule has 1 spiro atoms. The van der Waals surface area contributed by atoms with Crippen LogP contribution in [0.1, 0.15) is 19.3 Å². The van der Waals surface area contributed by atoms with Gasteiger partial charge in [0, 0.05) is 26.0 Å². The highest BCUT2D eigenvalue weighted by atomic mass is 16.5. The van der Waals surface area contributed by atoms with E-state index in [0.717, 1.165) is 19.4 Å². The van der Waals surface area contributed by atoms with Crippen molar-refractivity contribution in [2.75, 3.05) is 40.0 Å². The van der Waals surface area contributed by atoms with Crippen LogP contribution in [0.2, 0.25) is 0 Å². The van der Waals surface area contributed by atoms with Crippen LogP contribution in [0.4, 0.5) is 0 Å². The molecular formula is C17H24N2O4. The predicted molar refractivity (Wildman–Crippen MR) is 84.2 cm³/mol. The van der Waals surface area contributed by atoms with Gasteiger partial charge in [0.25, 0.3) is 0 Å². The summed E-state index contributed by atoms with van der Waals surface area (Å²) in [6, 6.07) is 5.65. The maximum absolute atomic E-state index is 12.0. The van der Waals surface area contributed by atoms with E-state index < -0.39 is 0 Å². The summed E-state index contributed by atoms with van der Waals surface area (Å²) in [6.07, 6.45) is 4.13. The van der Waals surface area contributed by atoms with Crippen molar-refractivity contribution >= 4 is 5.91 Å². The third-order valence-electron chi connectivity index (χ3n) is 4.74. The van der Waals surface area contributed by atoms with E-state index in [9.17, 15) is 4.79 Å². The summed E-state index contributed by atoms with van der Waals surface area (Å²) in [5, 5.41) is 0. The van der Waals surface area contributed by atoms with E-state index in [1.807, 2.05) is 23.1 Å². The normalized spacial score (nSPS) is 22.1. The molecule has 0 N–H and O–H groups in total. The van der Waals surface area contributed by atoms with Crippen molar-refractivity contribution < 1.29 is 19.0 Å². The molecule has 1 amide bonds. The van der Waals surface area contributed by atoms with Crippen molar-refractivity contribution in [2.45, 2.75) is 24.9 Å². The lowest BCUT2D eigenvalue weighted by Gasteiger charge is -2.50. The fourth-order valence-electron chi connectivity index (χ4n) is 3.40. The number of hydrogen-bond acceptors (Lipinski definition) is 5. The number of pyridine rings is 1. The van der Waals surface area contributed by atoms with Crippen molar-refractivity contribution in [3.63, 3.8) is 0 Å². The fourth-order valence-corrected chi connectivity index (χ4v) is 3.40. The molecule has 0 saturated carbocycles. The van der Waals surface area contributed by atoms with Crippen molar-refractivity contribution in [3.8, 4) is 5.88 Å². The molecule has 2 saturated heterocycles. The highest BCUT2D eigenvalue weighted by Gasteiger charge is 2.53. The Labute approximate surface area is 136 Å². The van der Waals surface area contributed by atoms with Crippen molar-refractivity contribution in [1.29, 1.82) is 0 Å². The lowest BCUT2D eigenvalue weighted by molar-refractivity contribution is -0.166. The van der Waals surface area contributed by atoms with Gasteiger partial charge >= 0.3 is 0 Å². The number of amides is 1. The van der Waals surface area contributed by atoms with Crippen molar-refractivity contribution in [1.82, 2.24) is 9.88 Å². The largest absolute Gasteiger partial charge is 0.478 e. The van der Waals surface area contributed by atoms with Crippen LogP contribution in [0.25, 0.3) is 0 Å². The van der Waals surface area contributed by atoms with Crippen LogP contribution in [0.5, 0.6) is 5.88 Å². The van der Waals surface area contributed by atoms with Crippen LogP contribution in [0, 0.1) is 5.92 Å². The second kappa shape index (κ2) is 7.27. The van der Waals surface area contributed by atoms with E-state index in [2.05, 4.69) is 4.98 Å². The third kappa shape index (κ3) is 3.64. The van der Waals surface area contributed by atoms with Gasteiger partial charge in [-0.15, -0.1) is 0 Å². The summed E-state index contributed by atoms with van der Waals surface area (Å²) in [4.78, 5) is 18.0. The van der Waals surface area contributed by atoms with Crippen LogP contribution in [0.3, 0.4) is 0 Å². The number of carbonyl (C=O) groups excluding carboxylic acids is 1. The first-order valence-corrected chi connectivity index (χ1v) is 8.18. The summed E-state index contributed by atoms with van der Waals surface area (Å²) in [5.41, 5.74) is -0.157. The van der Waals surface area contributed by atoms with Gasteiger partial charge in [-0.2, -0.15) is 0 Å². The summed E-state index contributed by atoms with van der Waals surface area (Å²) < 4.78 is 16.6. The van der Waals surface area contributed by atoms with Crippen molar-refractivity contribution in [2.24, 2.45) is 5.92 Å². The predicted octanol–water partition coefficient (Wildman–Crippen LogP) is 1.50. The van der Waals surface area contributed by atoms with E-state index in [0.29, 0.717) is 44.5 Å². The van der Waals surface area contributed by atoms with Gasteiger partial charge in [0.15, 0.2) is 0 Å². The van der Waals surface area contributed by atoms with Gasteiger partial charge in [-0.3, -0.25) is 4.79 Å². The van der Waals surface area contributed by atoms with Crippen molar-refractivity contribution in [3.05, 3.63) is 24.4 Å². The number of likely N-dealkylation sites (tertiary alicyclic amines) is 1. The molecule has 1 atom stereocenters. The Morgan fingerprint density at radius 3 is 3.04 bits per heavy atom. The molecule has 3 heterocycles. The molecule has 126 valence electrons. The average molecular weight is 320 g/mol. The van der Waals surface area contributed by atoms with Crippen LogP contribution in [-0.4, -0.2) is 61.4 Å². The summed E-state index contributed by atoms with van der Waals surface area (Å²) in [5.74, 6) is 1.25. The standard InChI is InChI=1S/C17H24N2O4/c1-21-9-7-16(20)19-12-17(13-19)14(6-11-23-17)5-10-22-15-4-2-3-8-18-15/h2-4,8,14H,5-7,9-13H2,1H3/t14-/m1/s1. The summed E-state index contributed by atoms with van der Waals surface area (Å²) in [6.45, 7) is 3.27. The first-order valence-electron chi connectivity index (χ1n) is 8.18. The molecule has 6 nitrogen and oxygen atoms in total. The number of carbonyl (C=O) groups is 1. The van der Waals surface area contributed by atoms with Crippen LogP contribution >= 0.6 is 0 Å². The molecule has 2 aliphatic rings. The maximum atomic E-state index is 12.0. The van der Waals surface area contributed by atoms with Gasteiger partial charge in [-0.05, 0) is 24.8 Å². The van der Waals surface area contributed by atoms with Gasteiger partial charge in [0.05, 0.1) is 32.7 Å². The monoisotopic (exact) mass is 320 g/mol. The van der Waals surface area contributed by atoms with Gasteiger partial charge < -0.3 is 19.1 Å². The van der Waals surface area contributed by atoms with Gasteiger partial charge in [0.2, 0.25) is 11.8 Å². The van der Waals surface area contributed by atoms with Gasteiger partial charge in [-0.25, -0.2) is 4.98 Å². The molecule has 1 aromatic heterocycles. The minimum Gasteiger partial charge on any atom is -0.478 e. The molecule has 3 rings (SSSR count). The first-order chi connectivity index (χ1) is 11.2. The highest BCUT2D eigenvalue weighted by molar-refractivity contribution is 5.77. The van der Waals surface area contributed by atoms with Crippen LogP contribution in [-0.2, 0) is 14.3 Å². The minimum absolute atomic E-state index is 0.150. The highest BCUT2D eigenvalue weighted by Crippen LogP contribution is 2.41. The molecule has 0 aliphatic carbocycles. The van der Waals surface area contributed by atoms with Crippen LogP contribution in [0.15, 0.2) is 24.4 Å². The lowest BCUT2D eigenvalue weighted by atomic mass is 9.79. The number of nitrogens with zero attached hydrogens (tertiary/aromatic N) is 2. The van der Waals surface area contributed by atoms with E-state index in [4.69, 9.17) is 14.2 Å². The van der Waals surface area contributed by atoms with Gasteiger partial charge in [-0.1, -0.05) is 6.07 Å². The Morgan fingerprint density at radius 2 is 2.30 bits per heavy atom. The molecular weight excluding hydrogens is 296 g/mol. The molecule has 0 radical (unpaired) electrons. The topological polar surface area (TPSA) is 60.9 Å². The second-order valence-corrected chi connectivity index (χ2v) is 6.20. The van der Waals surface area contributed by atoms with Crippen LogP contribution < -0.4 is 4.74 Å². The zero-order chi connectivity index (χ0) is 16.1. The molecule has 0 unspecified atom stereocenters. The number of methoxy groups -OCH3 is 1. The molecule has 0 bridgehead atoms. The fraction of sp³-hybridized carbons (Fsp3) is 0.647. The molecule has 6 heteroatoms. The Kier molecular flexibility index (Phi) is 5.13. The maximum Gasteiger partial charge on any atom is 0.225 e. The summed E-state index contributed by atoms with van der Waals surface area (Å²) in [7, 11) is 1.61. The number of aromatic nitrogens is 1. The van der Waals surface area contributed by atoms with E-state index >= 15 is 0 Å².